The topological polar surface area (TPSA) is 0 Å². The Hall–Kier alpha value is -0.780. The molecule has 0 saturated carbocycles. The molecule has 0 N–H and O–H groups in total. The first-order valence-corrected chi connectivity index (χ1v) is 6.89. The highest BCUT2D eigenvalue weighted by Crippen LogP contribution is 2.21. The van der Waals surface area contributed by atoms with Gasteiger partial charge in [0, 0.05) is 0 Å². The third kappa shape index (κ3) is 5.34. The number of rotatable bonds is 8. The Kier molecular flexibility index (Phi) is 6.96. The lowest BCUT2D eigenvalue weighted by molar-refractivity contribution is 0.557. The molecule has 1 aromatic carbocycles. The molecule has 0 amide bonds. The van der Waals surface area contributed by atoms with E-state index in [0.29, 0.717) is 0 Å². The molecule has 0 nitrogen and oxygen atoms in total. The van der Waals surface area contributed by atoms with Gasteiger partial charge in [-0.15, -0.1) is 0 Å². The zero-order valence-corrected chi connectivity index (χ0v) is 10.9. The Labute approximate surface area is 101 Å². The summed E-state index contributed by atoms with van der Waals surface area (Å²) < 4.78 is 0. The lowest BCUT2D eigenvalue weighted by Crippen LogP contribution is -1.93. The predicted molar refractivity (Wildman–Crippen MR) is 72.9 cm³/mol. The molecule has 0 aliphatic carbocycles. The summed E-state index contributed by atoms with van der Waals surface area (Å²) in [6.07, 6.45) is 9.76. The van der Waals surface area contributed by atoms with Crippen molar-refractivity contribution in [1.29, 1.82) is 0 Å². The van der Waals surface area contributed by atoms with Gasteiger partial charge in [0.25, 0.3) is 0 Å². The van der Waals surface area contributed by atoms with Crippen LogP contribution in [0, 0.1) is 0 Å². The lowest BCUT2D eigenvalue weighted by atomic mass is 9.95. The summed E-state index contributed by atoms with van der Waals surface area (Å²) in [4.78, 5) is 0. The summed E-state index contributed by atoms with van der Waals surface area (Å²) in [5.74, 6) is 0.729. The average molecular weight is 218 g/mol. The van der Waals surface area contributed by atoms with E-state index in [1.165, 1.54) is 50.5 Å². The molecule has 1 atom stereocenters. The number of benzene rings is 1. The first-order chi connectivity index (χ1) is 7.84. The normalized spacial score (nSPS) is 12.6. The van der Waals surface area contributed by atoms with Crippen LogP contribution in [-0.4, -0.2) is 0 Å². The van der Waals surface area contributed by atoms with Gasteiger partial charge < -0.3 is 0 Å². The highest BCUT2D eigenvalue weighted by atomic mass is 14.1. The first kappa shape index (κ1) is 13.3. The molecule has 0 aromatic heterocycles. The molecule has 1 rings (SSSR count). The van der Waals surface area contributed by atoms with Gasteiger partial charge in [0.1, 0.15) is 0 Å². The quantitative estimate of drug-likeness (QED) is 0.502. The van der Waals surface area contributed by atoms with Crippen molar-refractivity contribution in [3.05, 3.63) is 35.9 Å². The van der Waals surface area contributed by atoms with E-state index in [1.54, 1.807) is 0 Å². The number of hydrogen-bond acceptors (Lipinski definition) is 0. The van der Waals surface area contributed by atoms with Crippen molar-refractivity contribution in [2.45, 2.75) is 64.7 Å². The Bertz CT molecular complexity index is 250. The third-order valence-electron chi connectivity index (χ3n) is 3.36. The Morgan fingerprint density at radius 3 is 2.19 bits per heavy atom. The van der Waals surface area contributed by atoms with Crippen molar-refractivity contribution in [3.63, 3.8) is 0 Å². The van der Waals surface area contributed by atoms with Crippen molar-refractivity contribution in [1.82, 2.24) is 0 Å². The Morgan fingerprint density at radius 2 is 1.50 bits per heavy atom. The van der Waals surface area contributed by atoms with E-state index >= 15 is 0 Å². The van der Waals surface area contributed by atoms with E-state index in [2.05, 4.69) is 44.2 Å². The third-order valence-corrected chi connectivity index (χ3v) is 3.36. The van der Waals surface area contributed by atoms with Gasteiger partial charge in [0.05, 0.1) is 0 Å². The molecular weight excluding hydrogens is 192 g/mol. The highest BCUT2D eigenvalue weighted by molar-refractivity contribution is 5.18. The fourth-order valence-electron chi connectivity index (χ4n) is 2.18. The molecule has 0 aliphatic heterocycles. The van der Waals surface area contributed by atoms with Crippen LogP contribution in [0.1, 0.15) is 70.3 Å². The van der Waals surface area contributed by atoms with Crippen molar-refractivity contribution < 1.29 is 0 Å². The summed E-state index contributed by atoms with van der Waals surface area (Å²) in [7, 11) is 0. The van der Waals surface area contributed by atoms with E-state index < -0.39 is 0 Å². The summed E-state index contributed by atoms with van der Waals surface area (Å²) in [5.41, 5.74) is 1.50. The molecule has 16 heavy (non-hydrogen) atoms. The molecule has 90 valence electrons. The van der Waals surface area contributed by atoms with Crippen LogP contribution < -0.4 is 0 Å². The van der Waals surface area contributed by atoms with Crippen LogP contribution in [-0.2, 0) is 0 Å². The second-order valence-corrected chi connectivity index (χ2v) is 4.87. The van der Waals surface area contributed by atoms with Crippen molar-refractivity contribution in [2.24, 2.45) is 0 Å². The van der Waals surface area contributed by atoms with Gasteiger partial charge in [-0.3, -0.25) is 0 Å². The van der Waals surface area contributed by atoms with Crippen molar-refractivity contribution in [2.75, 3.05) is 0 Å². The van der Waals surface area contributed by atoms with Gasteiger partial charge in [-0.05, 0) is 17.9 Å². The second kappa shape index (κ2) is 8.38. The van der Waals surface area contributed by atoms with Gasteiger partial charge in [0.2, 0.25) is 0 Å². The first-order valence-electron chi connectivity index (χ1n) is 6.89. The fourth-order valence-corrected chi connectivity index (χ4v) is 2.18. The Balaban J connectivity index is 2.09. The molecule has 0 radical (unpaired) electrons. The number of unbranched alkanes of at least 4 members (excludes halogenated alkanes) is 5. The standard InChI is InChI=1S/C16H26/c1-3-4-5-6-7-9-12-15(2)16-13-10-8-11-14-16/h8,10-11,13-15H,3-7,9,12H2,1-2H3/t15-/m1/s1. The molecule has 0 spiro atoms. The zero-order chi connectivity index (χ0) is 11.6. The van der Waals surface area contributed by atoms with Crippen LogP contribution in [0.15, 0.2) is 30.3 Å². The molecule has 0 aliphatic rings. The van der Waals surface area contributed by atoms with Gasteiger partial charge >= 0.3 is 0 Å². The van der Waals surface area contributed by atoms with Crippen LogP contribution in [0.25, 0.3) is 0 Å². The van der Waals surface area contributed by atoms with Crippen molar-refractivity contribution in [3.8, 4) is 0 Å². The van der Waals surface area contributed by atoms with Crippen molar-refractivity contribution >= 4 is 0 Å². The summed E-state index contributed by atoms with van der Waals surface area (Å²) in [5, 5.41) is 0. The van der Waals surface area contributed by atoms with Gasteiger partial charge in [-0.25, -0.2) is 0 Å². The predicted octanol–water partition coefficient (Wildman–Crippen LogP) is 5.54. The van der Waals surface area contributed by atoms with E-state index in [1.807, 2.05) is 0 Å². The molecule has 0 heteroatoms. The minimum Gasteiger partial charge on any atom is -0.0654 e. The summed E-state index contributed by atoms with van der Waals surface area (Å²) >= 11 is 0. The van der Waals surface area contributed by atoms with Crippen LogP contribution in [0.4, 0.5) is 0 Å². The van der Waals surface area contributed by atoms with Crippen LogP contribution >= 0.6 is 0 Å². The van der Waals surface area contributed by atoms with E-state index in [9.17, 15) is 0 Å². The van der Waals surface area contributed by atoms with Gasteiger partial charge in [-0.1, -0.05) is 82.7 Å². The summed E-state index contributed by atoms with van der Waals surface area (Å²) in [6.45, 7) is 4.62. The van der Waals surface area contributed by atoms with E-state index in [4.69, 9.17) is 0 Å². The molecule has 0 bridgehead atoms. The highest BCUT2D eigenvalue weighted by Gasteiger charge is 2.03. The molecule has 1 aromatic rings. The van der Waals surface area contributed by atoms with E-state index in [0.717, 1.165) is 5.92 Å². The Morgan fingerprint density at radius 1 is 0.875 bits per heavy atom. The van der Waals surface area contributed by atoms with Crippen LogP contribution in [0.5, 0.6) is 0 Å². The van der Waals surface area contributed by atoms with E-state index in [-0.39, 0.29) is 0 Å². The lowest BCUT2D eigenvalue weighted by Gasteiger charge is -2.11. The molecule has 0 heterocycles. The smallest absolute Gasteiger partial charge is 0.0190 e. The minimum absolute atomic E-state index is 0.729. The molecule has 0 unspecified atom stereocenters. The molecule has 0 saturated heterocycles. The van der Waals surface area contributed by atoms with Gasteiger partial charge in [-0.2, -0.15) is 0 Å². The summed E-state index contributed by atoms with van der Waals surface area (Å²) in [6, 6.07) is 10.9. The fraction of sp³-hybridized carbons (Fsp3) is 0.625. The van der Waals surface area contributed by atoms with Crippen LogP contribution in [0.3, 0.4) is 0 Å². The largest absolute Gasteiger partial charge is 0.0654 e. The maximum Gasteiger partial charge on any atom is -0.0190 e. The number of hydrogen-bond donors (Lipinski definition) is 0. The maximum atomic E-state index is 2.35. The zero-order valence-electron chi connectivity index (χ0n) is 10.9. The SMILES string of the molecule is CCCCCCCC[C@@H](C)c1ccccc1. The minimum atomic E-state index is 0.729. The van der Waals surface area contributed by atoms with Gasteiger partial charge in [0.15, 0.2) is 0 Å². The maximum absolute atomic E-state index is 2.35. The molecule has 0 fully saturated rings. The molecular formula is C16H26. The monoisotopic (exact) mass is 218 g/mol. The second-order valence-electron chi connectivity index (χ2n) is 4.87. The average Bonchev–Trinajstić information content (AvgIpc) is 2.34. The van der Waals surface area contributed by atoms with Crippen LogP contribution in [0.2, 0.25) is 0 Å².